The Morgan fingerprint density at radius 1 is 1.20 bits per heavy atom. The van der Waals surface area contributed by atoms with Gasteiger partial charge in [0.2, 0.25) is 10.0 Å². The van der Waals surface area contributed by atoms with Gasteiger partial charge in [0.25, 0.3) is 0 Å². The quantitative estimate of drug-likeness (QED) is 0.916. The molecule has 0 radical (unpaired) electrons. The largest absolute Gasteiger partial charge is 0.497 e. The molecule has 2 rings (SSSR count). The van der Waals surface area contributed by atoms with Crippen LogP contribution in [0.15, 0.2) is 17.0 Å². The summed E-state index contributed by atoms with van der Waals surface area (Å²) in [6.45, 7) is 4.60. The van der Waals surface area contributed by atoms with Gasteiger partial charge in [-0.2, -0.15) is 4.31 Å². The van der Waals surface area contributed by atoms with Crippen LogP contribution in [0.3, 0.4) is 0 Å². The summed E-state index contributed by atoms with van der Waals surface area (Å²) < 4.78 is 32.3. The van der Waals surface area contributed by atoms with Crippen molar-refractivity contribution in [2.45, 2.75) is 37.6 Å². The molecule has 20 heavy (non-hydrogen) atoms. The minimum absolute atomic E-state index is 0.111. The van der Waals surface area contributed by atoms with E-state index in [1.807, 2.05) is 0 Å². The van der Waals surface area contributed by atoms with Gasteiger partial charge in [-0.25, -0.2) is 8.42 Å². The van der Waals surface area contributed by atoms with Crippen molar-refractivity contribution in [1.29, 1.82) is 0 Å². The van der Waals surface area contributed by atoms with Gasteiger partial charge in [-0.1, -0.05) is 0 Å². The fourth-order valence-corrected chi connectivity index (χ4v) is 4.56. The maximum Gasteiger partial charge on any atom is 0.243 e. The normalized spacial score (nSPS) is 18.2. The first kappa shape index (κ1) is 15.3. The molecule has 1 fully saturated rings. The molecule has 0 aliphatic carbocycles. The van der Waals surface area contributed by atoms with Crippen LogP contribution in [-0.4, -0.2) is 39.0 Å². The number of sulfonamides is 1. The molecule has 0 saturated carbocycles. The van der Waals surface area contributed by atoms with Crippen molar-refractivity contribution in [2.24, 2.45) is 5.73 Å². The number of nitrogens with zero attached hydrogens (tertiary/aromatic N) is 1. The van der Waals surface area contributed by atoms with Gasteiger partial charge >= 0.3 is 0 Å². The summed E-state index contributed by atoms with van der Waals surface area (Å²) in [6, 6.07) is 3.63. The maximum atomic E-state index is 12.8. The maximum absolute atomic E-state index is 12.8. The lowest BCUT2D eigenvalue weighted by atomic mass is 10.1. The van der Waals surface area contributed by atoms with Crippen LogP contribution < -0.4 is 10.5 Å². The number of aryl methyl sites for hydroxylation is 2. The number of rotatable bonds is 3. The average molecular weight is 298 g/mol. The van der Waals surface area contributed by atoms with E-state index in [0.717, 1.165) is 11.1 Å². The third kappa shape index (κ3) is 2.82. The van der Waals surface area contributed by atoms with Crippen LogP contribution in [0.5, 0.6) is 5.75 Å². The number of hydrogen-bond acceptors (Lipinski definition) is 4. The van der Waals surface area contributed by atoms with E-state index in [2.05, 4.69) is 0 Å². The van der Waals surface area contributed by atoms with Crippen molar-refractivity contribution in [2.75, 3.05) is 20.2 Å². The van der Waals surface area contributed by atoms with Crippen LogP contribution in [-0.2, 0) is 10.0 Å². The Bertz CT molecular complexity index is 567. The molecule has 1 aliphatic rings. The van der Waals surface area contributed by atoms with Crippen molar-refractivity contribution < 1.29 is 13.2 Å². The number of piperidine rings is 1. The highest BCUT2D eigenvalue weighted by Gasteiger charge is 2.30. The molecule has 112 valence electrons. The van der Waals surface area contributed by atoms with E-state index in [1.54, 1.807) is 33.1 Å². The number of hydrogen-bond donors (Lipinski definition) is 1. The van der Waals surface area contributed by atoms with Gasteiger partial charge < -0.3 is 10.5 Å². The predicted molar refractivity (Wildman–Crippen MR) is 78.4 cm³/mol. The fraction of sp³-hybridized carbons (Fsp3) is 0.571. The molecular formula is C14H22N2O3S. The van der Waals surface area contributed by atoms with Crippen LogP contribution in [0.4, 0.5) is 0 Å². The summed E-state index contributed by atoms with van der Waals surface area (Å²) in [5, 5.41) is 0. The molecule has 0 aromatic heterocycles. The van der Waals surface area contributed by atoms with Gasteiger partial charge in [0.15, 0.2) is 0 Å². The lowest BCUT2D eigenvalue weighted by Gasteiger charge is -2.30. The predicted octanol–water partition coefficient (Wildman–Crippen LogP) is 1.42. The summed E-state index contributed by atoms with van der Waals surface area (Å²) in [5.41, 5.74) is 7.28. The third-order valence-corrected chi connectivity index (χ3v) is 5.97. The molecule has 1 aromatic rings. The van der Waals surface area contributed by atoms with Crippen LogP contribution in [0.2, 0.25) is 0 Å². The Balaban J connectivity index is 2.39. The van der Waals surface area contributed by atoms with Crippen molar-refractivity contribution in [3.63, 3.8) is 0 Å². The molecule has 1 aromatic carbocycles. The van der Waals surface area contributed by atoms with Crippen LogP contribution in [0, 0.1) is 13.8 Å². The molecule has 1 heterocycles. The Morgan fingerprint density at radius 2 is 1.70 bits per heavy atom. The molecule has 5 nitrogen and oxygen atoms in total. The smallest absolute Gasteiger partial charge is 0.243 e. The zero-order valence-corrected chi connectivity index (χ0v) is 13.0. The topological polar surface area (TPSA) is 72.6 Å². The van der Waals surface area contributed by atoms with Gasteiger partial charge in [0, 0.05) is 19.1 Å². The number of benzene rings is 1. The van der Waals surface area contributed by atoms with E-state index in [0.29, 0.717) is 36.6 Å². The van der Waals surface area contributed by atoms with Crippen molar-refractivity contribution >= 4 is 10.0 Å². The summed E-state index contributed by atoms with van der Waals surface area (Å²) in [6.07, 6.45) is 1.43. The first-order chi connectivity index (χ1) is 9.36. The minimum atomic E-state index is -3.45. The molecule has 0 unspecified atom stereocenters. The van der Waals surface area contributed by atoms with E-state index >= 15 is 0 Å². The highest BCUT2D eigenvalue weighted by molar-refractivity contribution is 7.89. The van der Waals surface area contributed by atoms with Gasteiger partial charge in [-0.3, -0.25) is 0 Å². The second kappa shape index (κ2) is 5.71. The number of methoxy groups -OCH3 is 1. The van der Waals surface area contributed by atoms with Crippen LogP contribution in [0.25, 0.3) is 0 Å². The first-order valence-corrected chi connectivity index (χ1v) is 8.21. The van der Waals surface area contributed by atoms with E-state index in [9.17, 15) is 8.42 Å². The Morgan fingerprint density at radius 3 is 2.15 bits per heavy atom. The molecule has 0 amide bonds. The highest BCUT2D eigenvalue weighted by atomic mass is 32.2. The first-order valence-electron chi connectivity index (χ1n) is 6.77. The zero-order chi connectivity index (χ0) is 14.9. The molecule has 0 atom stereocenters. The summed E-state index contributed by atoms with van der Waals surface area (Å²) >= 11 is 0. The van der Waals surface area contributed by atoms with Gasteiger partial charge in [0.05, 0.1) is 12.0 Å². The highest BCUT2D eigenvalue weighted by Crippen LogP contribution is 2.29. The third-order valence-electron chi connectivity index (χ3n) is 3.77. The summed E-state index contributed by atoms with van der Waals surface area (Å²) in [7, 11) is -1.87. The van der Waals surface area contributed by atoms with E-state index in [4.69, 9.17) is 10.5 Å². The second-order valence-electron chi connectivity index (χ2n) is 5.33. The SMILES string of the molecule is COc1cc(C)c(S(=O)(=O)N2CCC(N)CC2)c(C)c1. The lowest BCUT2D eigenvalue weighted by Crippen LogP contribution is -2.43. The minimum Gasteiger partial charge on any atom is -0.497 e. The monoisotopic (exact) mass is 298 g/mol. The van der Waals surface area contributed by atoms with Gasteiger partial charge in [-0.05, 0) is 49.9 Å². The zero-order valence-electron chi connectivity index (χ0n) is 12.2. The molecule has 1 aliphatic heterocycles. The van der Waals surface area contributed by atoms with Crippen molar-refractivity contribution in [3.05, 3.63) is 23.3 Å². The Labute approximate surface area is 120 Å². The Kier molecular flexibility index (Phi) is 4.36. The fourth-order valence-electron chi connectivity index (χ4n) is 2.68. The van der Waals surface area contributed by atoms with E-state index in [-0.39, 0.29) is 6.04 Å². The number of nitrogens with two attached hydrogens (primary N) is 1. The molecule has 0 bridgehead atoms. The standard InChI is InChI=1S/C14H22N2O3S/c1-10-8-13(19-3)9-11(2)14(10)20(17,18)16-6-4-12(15)5-7-16/h8-9,12H,4-7,15H2,1-3H3. The number of ether oxygens (including phenoxy) is 1. The van der Waals surface area contributed by atoms with Crippen molar-refractivity contribution in [1.82, 2.24) is 4.31 Å². The average Bonchev–Trinajstić information content (AvgIpc) is 2.37. The molecule has 0 spiro atoms. The summed E-state index contributed by atoms with van der Waals surface area (Å²) in [5.74, 6) is 0.680. The summed E-state index contributed by atoms with van der Waals surface area (Å²) in [4.78, 5) is 0.397. The lowest BCUT2D eigenvalue weighted by molar-refractivity contribution is 0.319. The molecule has 6 heteroatoms. The van der Waals surface area contributed by atoms with Crippen molar-refractivity contribution in [3.8, 4) is 5.75 Å². The van der Waals surface area contributed by atoms with Gasteiger partial charge in [0.1, 0.15) is 5.75 Å². The van der Waals surface area contributed by atoms with E-state index in [1.165, 1.54) is 4.31 Å². The van der Waals surface area contributed by atoms with Crippen LogP contribution in [0.1, 0.15) is 24.0 Å². The molecule has 1 saturated heterocycles. The van der Waals surface area contributed by atoms with E-state index < -0.39 is 10.0 Å². The molecule has 2 N–H and O–H groups in total. The molecular weight excluding hydrogens is 276 g/mol. The van der Waals surface area contributed by atoms with Gasteiger partial charge in [-0.15, -0.1) is 0 Å². The second-order valence-corrected chi connectivity index (χ2v) is 7.21. The van der Waals surface area contributed by atoms with Crippen LogP contribution >= 0.6 is 0 Å². The Hall–Kier alpha value is -1.11.